The molecular formula is C19H23NO6. The van der Waals surface area contributed by atoms with Crippen LogP contribution in [0.4, 0.5) is 5.69 Å². The Labute approximate surface area is 152 Å². The largest absolute Gasteiger partial charge is 0.502 e. The molecule has 2 aromatic carbocycles. The Bertz CT molecular complexity index is 748. The summed E-state index contributed by atoms with van der Waals surface area (Å²) >= 11 is 0. The summed E-state index contributed by atoms with van der Waals surface area (Å²) in [7, 11) is 3.05. The van der Waals surface area contributed by atoms with Crippen molar-refractivity contribution in [2.45, 2.75) is 13.8 Å². The van der Waals surface area contributed by atoms with Crippen molar-refractivity contribution in [2.24, 2.45) is 0 Å². The first-order chi connectivity index (χ1) is 12.5. The Kier molecular flexibility index (Phi) is 6.54. The Hall–Kier alpha value is -3.09. The molecule has 0 aromatic heterocycles. The second-order valence-corrected chi connectivity index (χ2v) is 5.21. The lowest BCUT2D eigenvalue weighted by atomic mass is 10.1. The number of ether oxygens (including phenoxy) is 4. The molecule has 0 spiro atoms. The number of rotatable bonds is 8. The number of carbonyl (C=O) groups is 1. The summed E-state index contributed by atoms with van der Waals surface area (Å²) in [4.78, 5) is 12.7. The van der Waals surface area contributed by atoms with Gasteiger partial charge in [-0.3, -0.25) is 4.79 Å². The minimum absolute atomic E-state index is 0.135. The smallest absolute Gasteiger partial charge is 0.256 e. The average Bonchev–Trinajstić information content (AvgIpc) is 2.65. The van der Waals surface area contributed by atoms with Crippen molar-refractivity contribution < 1.29 is 28.8 Å². The van der Waals surface area contributed by atoms with Crippen molar-refractivity contribution in [1.82, 2.24) is 0 Å². The van der Waals surface area contributed by atoms with Gasteiger partial charge in [-0.25, -0.2) is 0 Å². The first-order valence-corrected chi connectivity index (χ1v) is 8.20. The molecule has 0 fully saturated rings. The molecule has 0 atom stereocenters. The summed E-state index contributed by atoms with van der Waals surface area (Å²) in [6, 6.07) is 8.01. The van der Waals surface area contributed by atoms with Crippen LogP contribution in [0.1, 0.15) is 24.2 Å². The van der Waals surface area contributed by atoms with Crippen molar-refractivity contribution in [1.29, 1.82) is 0 Å². The molecule has 0 aliphatic heterocycles. The molecule has 0 bridgehead atoms. The molecule has 0 heterocycles. The van der Waals surface area contributed by atoms with Crippen LogP contribution in [0.2, 0.25) is 0 Å². The normalized spacial score (nSPS) is 10.2. The van der Waals surface area contributed by atoms with E-state index >= 15 is 0 Å². The molecule has 0 unspecified atom stereocenters. The number of phenols is 1. The van der Waals surface area contributed by atoms with Gasteiger partial charge >= 0.3 is 0 Å². The van der Waals surface area contributed by atoms with Crippen molar-refractivity contribution in [3.63, 3.8) is 0 Å². The van der Waals surface area contributed by atoms with Gasteiger partial charge in [-0.2, -0.15) is 0 Å². The minimum atomic E-state index is -0.404. The van der Waals surface area contributed by atoms with Crippen LogP contribution >= 0.6 is 0 Å². The second-order valence-electron chi connectivity index (χ2n) is 5.21. The van der Waals surface area contributed by atoms with Crippen LogP contribution in [-0.2, 0) is 0 Å². The van der Waals surface area contributed by atoms with Crippen molar-refractivity contribution in [2.75, 3.05) is 32.8 Å². The lowest BCUT2D eigenvalue weighted by molar-refractivity contribution is 0.102. The third-order valence-corrected chi connectivity index (χ3v) is 3.56. The number of carbonyl (C=O) groups excluding carboxylic acids is 1. The van der Waals surface area contributed by atoms with Crippen LogP contribution in [0, 0.1) is 0 Å². The molecule has 2 rings (SSSR count). The quantitative estimate of drug-likeness (QED) is 0.749. The van der Waals surface area contributed by atoms with E-state index in [2.05, 4.69) is 5.32 Å². The molecule has 7 nitrogen and oxygen atoms in total. The molecule has 140 valence electrons. The van der Waals surface area contributed by atoms with E-state index in [1.165, 1.54) is 26.4 Å². The SMILES string of the molecule is CCOc1cc(C(=O)Nc2cc(OC)ccc2OC)cc(OCC)c1O. The van der Waals surface area contributed by atoms with Gasteiger partial charge in [-0.1, -0.05) is 0 Å². The zero-order chi connectivity index (χ0) is 19.1. The maximum absolute atomic E-state index is 12.7. The van der Waals surface area contributed by atoms with Crippen molar-refractivity contribution in [3.05, 3.63) is 35.9 Å². The summed E-state index contributed by atoms with van der Waals surface area (Å²) in [6.45, 7) is 4.25. The van der Waals surface area contributed by atoms with Crippen LogP contribution in [-0.4, -0.2) is 38.4 Å². The van der Waals surface area contributed by atoms with E-state index in [0.29, 0.717) is 30.4 Å². The molecule has 0 aliphatic rings. The van der Waals surface area contributed by atoms with Gasteiger partial charge in [0.15, 0.2) is 11.5 Å². The van der Waals surface area contributed by atoms with Gasteiger partial charge in [0, 0.05) is 11.6 Å². The topological polar surface area (TPSA) is 86.3 Å². The van der Waals surface area contributed by atoms with E-state index in [0.717, 1.165) is 0 Å². The zero-order valence-corrected chi connectivity index (χ0v) is 15.3. The van der Waals surface area contributed by atoms with Gasteiger partial charge in [0.1, 0.15) is 11.5 Å². The molecule has 1 amide bonds. The summed E-state index contributed by atoms with van der Waals surface area (Å²) in [5.74, 6) is 0.898. The predicted molar refractivity (Wildman–Crippen MR) is 97.9 cm³/mol. The highest BCUT2D eigenvalue weighted by atomic mass is 16.5. The Morgan fingerprint density at radius 3 is 2.08 bits per heavy atom. The van der Waals surface area contributed by atoms with Crippen molar-refractivity contribution >= 4 is 11.6 Å². The lowest BCUT2D eigenvalue weighted by Gasteiger charge is -2.15. The first-order valence-electron chi connectivity index (χ1n) is 8.20. The fraction of sp³-hybridized carbons (Fsp3) is 0.316. The number of nitrogens with one attached hydrogen (secondary N) is 1. The molecule has 7 heteroatoms. The molecule has 26 heavy (non-hydrogen) atoms. The third-order valence-electron chi connectivity index (χ3n) is 3.56. The zero-order valence-electron chi connectivity index (χ0n) is 15.3. The monoisotopic (exact) mass is 361 g/mol. The highest BCUT2D eigenvalue weighted by Gasteiger charge is 2.18. The molecule has 0 radical (unpaired) electrons. The standard InChI is InChI=1S/C19H23NO6/c1-5-25-16-9-12(10-17(18(16)21)26-6-2)19(22)20-14-11-13(23-3)7-8-15(14)24-4/h7-11,21H,5-6H2,1-4H3,(H,20,22). The molecule has 2 aromatic rings. The number of aromatic hydroxyl groups is 1. The number of amides is 1. The van der Waals surface area contributed by atoms with Crippen molar-refractivity contribution in [3.8, 4) is 28.7 Å². The van der Waals surface area contributed by atoms with E-state index in [1.54, 1.807) is 32.0 Å². The summed E-state index contributed by atoms with van der Waals surface area (Å²) in [5.41, 5.74) is 0.736. The number of anilines is 1. The number of methoxy groups -OCH3 is 2. The van der Waals surface area contributed by atoms with E-state index in [-0.39, 0.29) is 22.8 Å². The number of hydrogen-bond donors (Lipinski definition) is 2. The molecule has 0 saturated heterocycles. The summed E-state index contributed by atoms with van der Waals surface area (Å²) in [5, 5.41) is 13.0. The molecule has 0 saturated carbocycles. The number of benzene rings is 2. The van der Waals surface area contributed by atoms with Crippen LogP contribution in [0.5, 0.6) is 28.7 Å². The van der Waals surface area contributed by atoms with Crippen LogP contribution < -0.4 is 24.3 Å². The van der Waals surface area contributed by atoms with Gasteiger partial charge in [0.2, 0.25) is 5.75 Å². The summed E-state index contributed by atoms with van der Waals surface area (Å²) in [6.07, 6.45) is 0. The molecule has 2 N–H and O–H groups in total. The summed E-state index contributed by atoms with van der Waals surface area (Å²) < 4.78 is 21.2. The Balaban J connectivity index is 2.37. The van der Waals surface area contributed by atoms with Gasteiger partial charge in [-0.05, 0) is 38.1 Å². The van der Waals surface area contributed by atoms with Gasteiger partial charge in [0.05, 0.1) is 33.1 Å². The number of hydrogen-bond acceptors (Lipinski definition) is 6. The van der Waals surface area contributed by atoms with E-state index in [9.17, 15) is 9.90 Å². The lowest BCUT2D eigenvalue weighted by Crippen LogP contribution is -2.13. The Morgan fingerprint density at radius 2 is 1.58 bits per heavy atom. The highest BCUT2D eigenvalue weighted by Crippen LogP contribution is 2.38. The minimum Gasteiger partial charge on any atom is -0.502 e. The molecule has 0 aliphatic carbocycles. The fourth-order valence-corrected chi connectivity index (χ4v) is 2.35. The average molecular weight is 361 g/mol. The van der Waals surface area contributed by atoms with Crippen LogP contribution in [0.15, 0.2) is 30.3 Å². The maximum Gasteiger partial charge on any atom is 0.256 e. The van der Waals surface area contributed by atoms with Gasteiger partial charge in [-0.15, -0.1) is 0 Å². The number of phenolic OH excluding ortho intramolecular Hbond substituents is 1. The van der Waals surface area contributed by atoms with Crippen LogP contribution in [0.25, 0.3) is 0 Å². The Morgan fingerprint density at radius 1 is 0.962 bits per heavy atom. The van der Waals surface area contributed by atoms with Crippen LogP contribution in [0.3, 0.4) is 0 Å². The third kappa shape index (κ3) is 4.30. The molecular weight excluding hydrogens is 338 g/mol. The van der Waals surface area contributed by atoms with E-state index in [1.807, 2.05) is 0 Å². The van der Waals surface area contributed by atoms with E-state index < -0.39 is 5.91 Å². The first kappa shape index (κ1) is 19.2. The van der Waals surface area contributed by atoms with Gasteiger partial charge in [0.25, 0.3) is 5.91 Å². The highest BCUT2D eigenvalue weighted by molar-refractivity contribution is 6.06. The fourth-order valence-electron chi connectivity index (χ4n) is 2.35. The maximum atomic E-state index is 12.7. The van der Waals surface area contributed by atoms with E-state index in [4.69, 9.17) is 18.9 Å². The van der Waals surface area contributed by atoms with Gasteiger partial charge < -0.3 is 29.4 Å². The second kappa shape index (κ2) is 8.84. The predicted octanol–water partition coefficient (Wildman–Crippen LogP) is 3.46.